The summed E-state index contributed by atoms with van der Waals surface area (Å²) in [4.78, 5) is 40.2. The minimum absolute atomic E-state index is 0.0452. The number of carbonyl (C=O) groups excluding carboxylic acids is 1. The van der Waals surface area contributed by atoms with E-state index in [9.17, 15) is 28.3 Å². The van der Waals surface area contributed by atoms with E-state index in [2.05, 4.69) is 4.98 Å². The van der Waals surface area contributed by atoms with Crippen molar-refractivity contribution in [2.75, 3.05) is 0 Å². The first-order chi connectivity index (χ1) is 16.9. The second-order valence-corrected chi connectivity index (χ2v) is 9.33. The van der Waals surface area contributed by atoms with E-state index in [0.717, 1.165) is 16.7 Å². The van der Waals surface area contributed by atoms with Gasteiger partial charge in [0, 0.05) is 17.8 Å². The number of carbonyl (C=O) groups is 1. The second-order valence-electron chi connectivity index (χ2n) is 8.95. The fourth-order valence-corrected chi connectivity index (χ4v) is 3.94. The minimum Gasteiger partial charge on any atom is -0.487 e. The van der Waals surface area contributed by atoms with Crippen LogP contribution in [0.25, 0.3) is 11.0 Å². The molecule has 0 aliphatic carbocycles. The molecule has 2 aromatic heterocycles. The number of nitrogens with one attached hydrogen (secondary N) is 1. The van der Waals surface area contributed by atoms with E-state index in [-0.39, 0.29) is 35.9 Å². The van der Waals surface area contributed by atoms with Crippen LogP contribution in [-0.2, 0) is 13.2 Å². The molecule has 0 aliphatic rings. The van der Waals surface area contributed by atoms with Crippen molar-refractivity contribution in [3.63, 3.8) is 0 Å². The van der Waals surface area contributed by atoms with Crippen molar-refractivity contribution in [1.29, 1.82) is 0 Å². The molecule has 0 amide bonds. The molecule has 36 heavy (non-hydrogen) atoms. The Bertz CT molecular complexity index is 1580. The van der Waals surface area contributed by atoms with Crippen LogP contribution in [-0.4, -0.2) is 30.7 Å². The highest BCUT2D eigenvalue weighted by molar-refractivity contribution is 6.31. The van der Waals surface area contributed by atoms with Crippen molar-refractivity contribution in [2.45, 2.75) is 39.0 Å². The fraction of sp³-hybridized carbons (Fsp3) is 0.240. The zero-order valence-electron chi connectivity index (χ0n) is 19.3. The fourth-order valence-electron chi connectivity index (χ4n) is 3.71. The lowest BCUT2D eigenvalue weighted by Crippen LogP contribution is -2.31. The average Bonchev–Trinajstić information content (AvgIpc) is 3.11. The number of ether oxygens (including phenoxy) is 1. The van der Waals surface area contributed by atoms with Gasteiger partial charge in [-0.3, -0.25) is 9.59 Å². The van der Waals surface area contributed by atoms with Crippen molar-refractivity contribution in [2.24, 2.45) is 0 Å². The number of H-pyrrole nitrogens is 1. The Balaban J connectivity index is 1.54. The average molecular weight is 518 g/mol. The van der Waals surface area contributed by atoms with Crippen LogP contribution in [0.1, 0.15) is 36.2 Å². The molecule has 0 unspecified atom stereocenters. The van der Waals surface area contributed by atoms with Gasteiger partial charge in [0.1, 0.15) is 29.0 Å². The Hall–Kier alpha value is -3.76. The van der Waals surface area contributed by atoms with E-state index in [1.165, 1.54) is 36.7 Å². The highest BCUT2D eigenvalue weighted by Gasteiger charge is 2.22. The van der Waals surface area contributed by atoms with Crippen LogP contribution in [0, 0.1) is 11.6 Å². The lowest BCUT2D eigenvalue weighted by atomic mass is 10.1. The van der Waals surface area contributed by atoms with Gasteiger partial charge in [0.2, 0.25) is 5.91 Å². The number of imidazole rings is 1. The molecule has 0 aliphatic heterocycles. The van der Waals surface area contributed by atoms with Gasteiger partial charge in [-0.1, -0.05) is 17.7 Å². The highest BCUT2D eigenvalue weighted by atomic mass is 35.5. The van der Waals surface area contributed by atoms with Crippen molar-refractivity contribution in [1.82, 2.24) is 14.1 Å². The number of aromatic nitrogens is 3. The van der Waals surface area contributed by atoms with E-state index in [0.29, 0.717) is 16.6 Å². The van der Waals surface area contributed by atoms with Crippen molar-refractivity contribution >= 4 is 28.5 Å². The largest absolute Gasteiger partial charge is 0.487 e. The minimum atomic E-state index is -1.27. The molecular weight excluding hydrogens is 496 g/mol. The van der Waals surface area contributed by atoms with E-state index in [1.54, 1.807) is 18.2 Å². The third-order valence-electron chi connectivity index (χ3n) is 5.40. The molecule has 4 rings (SSSR count). The highest BCUT2D eigenvalue weighted by Crippen LogP contribution is 2.23. The molecule has 0 radical (unpaired) electrons. The van der Waals surface area contributed by atoms with Crippen LogP contribution >= 0.6 is 11.6 Å². The molecule has 2 heterocycles. The first-order valence-corrected chi connectivity index (χ1v) is 11.3. The number of halogens is 3. The number of hydrogen-bond acceptors (Lipinski definition) is 5. The van der Waals surface area contributed by atoms with E-state index in [4.69, 9.17) is 16.3 Å². The van der Waals surface area contributed by atoms with E-state index in [1.807, 2.05) is 0 Å². The number of pyridine rings is 1. The molecule has 8 nitrogen and oxygen atoms in total. The molecule has 2 aromatic carbocycles. The third-order valence-corrected chi connectivity index (χ3v) is 5.75. The first-order valence-electron chi connectivity index (χ1n) is 10.9. The zero-order valence-corrected chi connectivity index (χ0v) is 20.1. The number of nitrogens with zero attached hydrogens (tertiary/aromatic N) is 2. The lowest BCUT2D eigenvalue weighted by molar-refractivity contribution is 0.0531. The predicted molar refractivity (Wildman–Crippen MR) is 130 cm³/mol. The Morgan fingerprint density at radius 3 is 2.58 bits per heavy atom. The quantitative estimate of drug-likeness (QED) is 0.387. The maximum Gasteiger partial charge on any atom is 0.333 e. The van der Waals surface area contributed by atoms with Gasteiger partial charge in [-0.05, 0) is 49.7 Å². The summed E-state index contributed by atoms with van der Waals surface area (Å²) in [7, 11) is 0. The van der Waals surface area contributed by atoms with Gasteiger partial charge in [-0.2, -0.15) is 0 Å². The normalized spacial score (nSPS) is 11.7. The van der Waals surface area contributed by atoms with Crippen LogP contribution in [0.15, 0.2) is 58.3 Å². The van der Waals surface area contributed by atoms with Gasteiger partial charge in [-0.25, -0.2) is 18.1 Å². The molecule has 4 aromatic rings. The van der Waals surface area contributed by atoms with Crippen molar-refractivity contribution in [3.8, 4) is 5.75 Å². The van der Waals surface area contributed by atoms with E-state index < -0.39 is 34.4 Å². The molecule has 0 fully saturated rings. The summed E-state index contributed by atoms with van der Waals surface area (Å²) < 4.78 is 34.6. The number of benzene rings is 2. The Kier molecular flexibility index (Phi) is 6.83. The van der Waals surface area contributed by atoms with Gasteiger partial charge in [0.25, 0.3) is 5.56 Å². The monoisotopic (exact) mass is 517 g/mol. The molecule has 188 valence electrons. The van der Waals surface area contributed by atoms with Gasteiger partial charge in [-0.15, -0.1) is 0 Å². The molecule has 0 spiro atoms. The number of aromatic amines is 1. The molecule has 0 atom stereocenters. The molecular formula is C25H22ClF2N3O5. The second kappa shape index (κ2) is 9.71. The van der Waals surface area contributed by atoms with Crippen LogP contribution in [0.3, 0.4) is 0 Å². The SMILES string of the molecule is CC(C)(O)CC(=O)n1c(=O)[nH]c2cc(Cn3ccc(OCc4ccc(F)cc4F)c(Cl)c3=O)ccc21. The summed E-state index contributed by atoms with van der Waals surface area (Å²) in [6.45, 7) is 2.81. The summed E-state index contributed by atoms with van der Waals surface area (Å²) in [6.07, 6.45) is 1.22. The molecule has 2 N–H and O–H groups in total. The molecule has 11 heteroatoms. The topological polar surface area (TPSA) is 106 Å². The standard InChI is InChI=1S/C25H22ClF2N3O5/c1-25(2,35)11-21(32)31-19-6-3-14(9-18(19)29-24(31)34)12-30-8-7-20(22(26)23(30)33)36-13-15-4-5-16(27)10-17(15)28/h3-10,35H,11-13H2,1-2H3,(H,29,34). The van der Waals surface area contributed by atoms with E-state index >= 15 is 0 Å². The molecule has 0 saturated heterocycles. The number of fused-ring (bicyclic) bond motifs is 1. The summed E-state index contributed by atoms with van der Waals surface area (Å²) in [5.74, 6) is -1.99. The maximum absolute atomic E-state index is 13.8. The lowest BCUT2D eigenvalue weighted by Gasteiger charge is -2.15. The number of hydrogen-bond donors (Lipinski definition) is 2. The summed E-state index contributed by atoms with van der Waals surface area (Å²) >= 11 is 6.18. The Labute approximate surface area is 208 Å². The molecule has 0 bridgehead atoms. The summed E-state index contributed by atoms with van der Waals surface area (Å²) in [5, 5.41) is 9.70. The van der Waals surface area contributed by atoms with Crippen LogP contribution in [0.5, 0.6) is 5.75 Å². The Morgan fingerprint density at radius 1 is 1.14 bits per heavy atom. The zero-order chi connectivity index (χ0) is 26.2. The van der Waals surface area contributed by atoms with Crippen LogP contribution in [0.2, 0.25) is 5.02 Å². The predicted octanol–water partition coefficient (Wildman–Crippen LogP) is 3.85. The van der Waals surface area contributed by atoms with Gasteiger partial charge >= 0.3 is 5.69 Å². The summed E-state index contributed by atoms with van der Waals surface area (Å²) in [6, 6.07) is 9.40. The number of rotatable bonds is 7. The summed E-state index contributed by atoms with van der Waals surface area (Å²) in [5.41, 5.74) is -0.972. The van der Waals surface area contributed by atoms with Gasteiger partial charge in [0.05, 0.1) is 29.6 Å². The van der Waals surface area contributed by atoms with Gasteiger partial charge in [0.15, 0.2) is 0 Å². The van der Waals surface area contributed by atoms with Crippen LogP contribution < -0.4 is 16.0 Å². The van der Waals surface area contributed by atoms with Crippen LogP contribution in [0.4, 0.5) is 8.78 Å². The Morgan fingerprint density at radius 2 is 1.89 bits per heavy atom. The van der Waals surface area contributed by atoms with Crippen molar-refractivity contribution in [3.05, 3.63) is 97.3 Å². The molecule has 0 saturated carbocycles. The smallest absolute Gasteiger partial charge is 0.333 e. The first kappa shape index (κ1) is 25.3. The third kappa shape index (κ3) is 5.39. The maximum atomic E-state index is 13.8. The van der Waals surface area contributed by atoms with Crippen molar-refractivity contribution < 1.29 is 23.4 Å². The number of aliphatic hydroxyl groups is 1. The van der Waals surface area contributed by atoms with Gasteiger partial charge < -0.3 is 19.4 Å².